The Balaban J connectivity index is 1.07. The van der Waals surface area contributed by atoms with Crippen molar-refractivity contribution in [2.75, 3.05) is 22.8 Å². The monoisotopic (exact) mass is 1160 g/mol. The van der Waals surface area contributed by atoms with Gasteiger partial charge in [-0.3, -0.25) is 23.6 Å². The molecule has 0 aliphatic heterocycles. The number of sulfone groups is 1. The van der Waals surface area contributed by atoms with Crippen LogP contribution in [0.5, 0.6) is 17.2 Å². The second-order valence-electron chi connectivity index (χ2n) is 14.9. The molecule has 0 unspecified atom stereocenters. The fourth-order valence-corrected chi connectivity index (χ4v) is 10.0. The quantitative estimate of drug-likeness (QED) is 0.00431. The lowest BCUT2D eigenvalue weighted by Crippen LogP contribution is -2.12. The molecule has 0 aromatic heterocycles. The number of nitrogens with one attached hydrogen (secondary N) is 1. The van der Waals surface area contributed by atoms with Gasteiger partial charge < -0.3 is 21.1 Å². The summed E-state index contributed by atoms with van der Waals surface area (Å²) in [5.41, 5.74) is 4.85. The van der Waals surface area contributed by atoms with Crippen LogP contribution in [0.1, 0.15) is 0 Å². The Hall–Kier alpha value is -8.17. The minimum Gasteiger partial charge on any atom is -0.505 e. The Bertz CT molecular complexity index is 3800. The molecule has 0 aliphatic carbocycles. The Kier molecular flexibility index (Phi) is 18.1. The first-order valence-electron chi connectivity index (χ1n) is 20.7. The van der Waals surface area contributed by atoms with Crippen LogP contribution >= 0.6 is 24.4 Å². The molecule has 7 aromatic rings. The summed E-state index contributed by atoms with van der Waals surface area (Å²) in [4.78, 5) is 8.89. The molecule has 7 aromatic carbocycles. The number of anilines is 2. The average molecular weight is 1160 g/mol. The number of nitro groups is 1. The van der Waals surface area contributed by atoms with Crippen molar-refractivity contribution < 1.29 is 83.5 Å². The topological polar surface area (TPSA) is 450 Å². The molecule has 0 saturated carbocycles. The van der Waals surface area contributed by atoms with Gasteiger partial charge in [0.15, 0.2) is 39.3 Å². The number of nitrogens with zero attached hydrogens (tertiary/aromatic N) is 9. The smallest absolute Gasteiger partial charge is 0.296 e. The number of rotatable bonds is 23. The highest BCUT2D eigenvalue weighted by Gasteiger charge is 2.26. The van der Waals surface area contributed by atoms with E-state index < -0.39 is 68.5 Å². The number of benzene rings is 7. The van der Waals surface area contributed by atoms with E-state index in [-0.39, 0.29) is 101 Å². The third kappa shape index (κ3) is 14.2. The number of phenols is 3. The van der Waals surface area contributed by atoms with E-state index in [1.54, 1.807) is 0 Å². The summed E-state index contributed by atoms with van der Waals surface area (Å²) in [5.74, 6) is -2.45. The average Bonchev–Trinajstić information content (AvgIpc) is 3.48. The number of aromatic hydroxyl groups is 3. The number of non-ortho nitro benzene ring substituents is 1. The second-order valence-corrected chi connectivity index (χ2v) is 21.3. The third-order valence-electron chi connectivity index (χ3n) is 9.99. The fourth-order valence-electron chi connectivity index (χ4n) is 6.39. The first-order valence-corrected chi connectivity index (χ1v) is 26.7. The molecule has 0 bridgehead atoms. The van der Waals surface area contributed by atoms with Gasteiger partial charge in [0.1, 0.15) is 27.7 Å². The van der Waals surface area contributed by atoms with Crippen molar-refractivity contribution in [2.24, 2.45) is 40.9 Å². The Morgan fingerprint density at radius 2 is 1.16 bits per heavy atom. The number of nitro benzene ring substituents is 1. The van der Waals surface area contributed by atoms with Gasteiger partial charge in [0.05, 0.1) is 77.8 Å². The van der Waals surface area contributed by atoms with Gasteiger partial charge >= 0.3 is 0 Å². The molecular weight excluding hydrogens is 1120 g/mol. The van der Waals surface area contributed by atoms with Crippen molar-refractivity contribution in [3.8, 4) is 17.2 Å². The molecule has 0 heterocycles. The van der Waals surface area contributed by atoms with Crippen molar-refractivity contribution in [3.05, 3.63) is 131 Å². The highest BCUT2D eigenvalue weighted by Crippen LogP contribution is 2.50. The Labute approximate surface area is 441 Å². The molecule has 0 aliphatic rings. The zero-order valence-corrected chi connectivity index (χ0v) is 42.2. The number of hydrogen-bond donors (Lipinski definition) is 8. The maximum Gasteiger partial charge on any atom is 0.296 e. The number of nitrogens with two attached hydrogens (primary N) is 1. The van der Waals surface area contributed by atoms with E-state index in [1.165, 1.54) is 103 Å². The van der Waals surface area contributed by atoms with E-state index >= 15 is 0 Å². The zero-order chi connectivity index (χ0) is 55.5. The summed E-state index contributed by atoms with van der Waals surface area (Å²) in [6.07, 6.45) is 0. The molecule has 77 heavy (non-hydrogen) atoms. The molecule has 0 spiro atoms. The maximum absolute atomic E-state index is 13.3. The molecule has 0 amide bonds. The lowest BCUT2D eigenvalue weighted by Gasteiger charge is -2.14. The van der Waals surface area contributed by atoms with Crippen LogP contribution in [-0.2, 0) is 52.9 Å². The van der Waals surface area contributed by atoms with Crippen LogP contribution in [0.2, 0.25) is 0 Å². The molecule has 7 rings (SSSR count). The molecule has 0 atom stereocenters. The van der Waals surface area contributed by atoms with Crippen molar-refractivity contribution in [2.45, 2.75) is 19.6 Å². The number of hydrogen-bond acceptors (Lipinski definition) is 29. The van der Waals surface area contributed by atoms with Crippen molar-refractivity contribution in [1.82, 2.24) is 0 Å². The Morgan fingerprint density at radius 1 is 0.623 bits per heavy atom. The predicted molar refractivity (Wildman–Crippen MR) is 271 cm³/mol. The second kappa shape index (κ2) is 24.7. The maximum atomic E-state index is 13.3. The molecule has 30 nitrogen and oxygen atoms in total. The van der Waals surface area contributed by atoms with Crippen LogP contribution < -0.4 is 10.5 Å². The van der Waals surface area contributed by atoms with E-state index in [0.717, 1.165) is 18.2 Å². The van der Waals surface area contributed by atoms with Gasteiger partial charge in [0.25, 0.3) is 25.8 Å². The van der Waals surface area contributed by atoms with Crippen LogP contribution in [0.15, 0.2) is 182 Å². The van der Waals surface area contributed by atoms with E-state index in [4.69, 9.17) is 20.4 Å². The number of azo groups is 4. The summed E-state index contributed by atoms with van der Waals surface area (Å²) in [6.45, 7) is -0.338. The van der Waals surface area contributed by atoms with E-state index in [2.05, 4.69) is 64.4 Å². The van der Waals surface area contributed by atoms with Gasteiger partial charge in [-0.2, -0.15) is 28.9 Å². The van der Waals surface area contributed by atoms with Gasteiger partial charge in [-0.25, -0.2) is 27.4 Å². The minimum atomic E-state index is -5.17. The van der Waals surface area contributed by atoms with E-state index in [9.17, 15) is 55.2 Å². The standard InChI is InChI=1S/C42H33N11O19S5/c43-37-36-23(21-34(73-71-69-59)39(37)50-46-26-7-13-30(14-8-26)75(61,62)20-19-68-74-72-70-60)22-35(77(65,66)67)40(42(36)56)51-47-27-9-15-31(16-10-27)76(63,64)52-28-3-1-24(2-4-28)44-48-32-17-18-33(54)38(41(32)55)49-45-25-5-11-29(12-6-25)53(57)58/h1-18,21-22,52,54-56,59-60H,19-20,43H2,(H,65,66,67)/b48-44+,49-45?,50-46+,51-47+. The lowest BCUT2D eigenvalue weighted by atomic mass is 10.1. The summed E-state index contributed by atoms with van der Waals surface area (Å²) in [7, 11) is -13.3. The molecular formula is C42H33N11O19S5. The lowest BCUT2D eigenvalue weighted by molar-refractivity contribution is -0.434. The van der Waals surface area contributed by atoms with Crippen molar-refractivity contribution in [1.29, 1.82) is 0 Å². The van der Waals surface area contributed by atoms with Gasteiger partial charge in [-0.1, -0.05) is 10.1 Å². The van der Waals surface area contributed by atoms with Gasteiger partial charge in [-0.15, -0.1) is 29.1 Å². The predicted octanol–water partition coefficient (Wildman–Crippen LogP) is 11.4. The molecule has 35 heteroatoms. The van der Waals surface area contributed by atoms with Crippen LogP contribution in [0, 0.1) is 10.1 Å². The molecule has 0 radical (unpaired) electrons. The first kappa shape index (κ1) is 56.6. The largest absolute Gasteiger partial charge is 0.505 e. The highest BCUT2D eigenvalue weighted by atomic mass is 32.2. The molecule has 0 fully saturated rings. The van der Waals surface area contributed by atoms with E-state index in [1.807, 2.05) is 0 Å². The fraction of sp³-hybridized carbons (Fsp3) is 0.0476. The number of fused-ring (bicyclic) bond motifs is 1. The Morgan fingerprint density at radius 3 is 1.73 bits per heavy atom. The van der Waals surface area contributed by atoms with Crippen LogP contribution in [0.25, 0.3) is 10.8 Å². The van der Waals surface area contributed by atoms with Crippen LogP contribution in [0.3, 0.4) is 0 Å². The molecule has 9 N–H and O–H groups in total. The number of nitrogen functional groups attached to an aromatic ring is 1. The van der Waals surface area contributed by atoms with Crippen molar-refractivity contribution >= 4 is 128 Å². The van der Waals surface area contributed by atoms with Crippen molar-refractivity contribution in [3.63, 3.8) is 0 Å². The highest BCUT2D eigenvalue weighted by molar-refractivity contribution is 7.94. The number of phenolic OH excluding ortho intramolecular Hbond substituents is 3. The minimum absolute atomic E-state index is 0.0666. The summed E-state index contributed by atoms with van der Waals surface area (Å²) < 4.78 is 103. The summed E-state index contributed by atoms with van der Waals surface area (Å²) in [6, 6.07) is 24.7. The van der Waals surface area contributed by atoms with Crippen LogP contribution in [0.4, 0.5) is 62.6 Å². The third-order valence-corrected chi connectivity index (χ3v) is 14.9. The van der Waals surface area contributed by atoms with E-state index in [0.29, 0.717) is 12.0 Å². The van der Waals surface area contributed by atoms with Gasteiger partial charge in [0, 0.05) is 17.8 Å². The first-order chi connectivity index (χ1) is 36.7. The SMILES string of the molecule is Nc1c(/N=N/c2ccc(S(=O)(=O)CCOSOOO)cc2)c(SOOO)cc2cc(S(=O)(=O)O)c(/N=N/c3ccc(S(=O)(=O)Nc4ccc(/N=N/c5ccc(O)c(N=Nc6ccc([N+](=O)[O-])cc6)c5O)cc4)cc3)c(O)c12. The molecule has 400 valence electrons. The van der Waals surface area contributed by atoms with Gasteiger partial charge in [-0.05, 0) is 115 Å². The van der Waals surface area contributed by atoms with Crippen LogP contribution in [-0.4, -0.2) is 72.9 Å². The van der Waals surface area contributed by atoms with Gasteiger partial charge in [0.2, 0.25) is 0 Å². The number of sulfonamides is 1. The summed E-state index contributed by atoms with van der Waals surface area (Å²) in [5, 5.41) is 98.6. The zero-order valence-electron chi connectivity index (χ0n) is 38.1. The molecule has 0 saturated heterocycles. The normalized spacial score (nSPS) is 12.5. The summed E-state index contributed by atoms with van der Waals surface area (Å²) >= 11 is 0.523.